The minimum atomic E-state index is -6.31. The predicted octanol–water partition coefficient (Wildman–Crippen LogP) is -50.3. The Kier molecular flexibility index (Phi) is 81.2. The molecule has 0 radical (unpaired) electrons. The van der Waals surface area contributed by atoms with E-state index in [1.165, 1.54) is 0 Å². The van der Waals surface area contributed by atoms with E-state index in [-0.39, 0.29) is 458 Å². The van der Waals surface area contributed by atoms with E-state index in [0.717, 1.165) is 48.5 Å². The number of thioether (sulfide) groups is 2. The van der Waals surface area contributed by atoms with Gasteiger partial charge in [0.05, 0.1) is 26.4 Å². The van der Waals surface area contributed by atoms with E-state index in [1.54, 1.807) is 0 Å². The number of amides is 2. The Bertz CT molecular complexity index is 5460. The van der Waals surface area contributed by atoms with Gasteiger partial charge in [-0.05, 0) is 48.5 Å². The normalized spacial score (nSPS) is 25.9. The molecule has 6 rings (SSSR count). The third-order valence-electron chi connectivity index (χ3n) is 13.9. The molecule has 0 saturated carbocycles. The van der Waals surface area contributed by atoms with Crippen molar-refractivity contribution in [3.05, 3.63) is 48.5 Å². The number of carbonyl (C=O) groups is 2. The maximum atomic E-state index is 13.2. The SMILES string of the molecule is O=C(CC(=O)Nc1ccc(S[C@H]2O[C@H](COS(=O)(=O)O)[C@@H](O[C@@H]3O[C@H](COS(=O)(=O)O)[C@@H](OS(=O)(=O)O)[C@H](OS(=O)(=O)O)[C@H]3OS(=O)(=O)O)[C@@H](OS(=O)(=O)O)[C@H]2OS(=O)(=O)O)cc1)Nc1ccc(S[C@H]2O[C@H](COS(=O)(=O)O)[C@@H](O[C@@H]3O[C@H](COS(=O)(=O)O)[C@@H](OS(=O)(=O)O)[C@H](OS(=O)(=O)O)[C@H]3OS(=O)(=O)O)[C@@H](OS(=O)(=O)O)[C@H]2OS(=O)(=O)O)cc1.[Na+].[Na+].[Na+].[Na+].[Na+].[Na+].[Na+].[Na+].[Na+].[Na+].[Na+].[Na+].[Na+].[Na+]. The number of rotatable bonds is 44. The molecule has 4 aliphatic heterocycles. The van der Waals surface area contributed by atoms with Crippen molar-refractivity contribution in [2.24, 2.45) is 0 Å². The number of hydrogen-bond acceptors (Lipinski definition) is 52. The molecule has 0 aliphatic carbocycles. The maximum absolute atomic E-state index is 13.2. The Morgan fingerprint density at radius 2 is 0.422 bits per heavy atom. The second kappa shape index (κ2) is 67.4. The fraction of sp³-hybridized carbons (Fsp3) is 0.641. The van der Waals surface area contributed by atoms with Crippen LogP contribution in [0.25, 0.3) is 0 Å². The van der Waals surface area contributed by atoms with Gasteiger partial charge < -0.3 is 39.1 Å². The van der Waals surface area contributed by atoms with Gasteiger partial charge in [0.1, 0.15) is 103 Å². The zero-order valence-electron chi connectivity index (χ0n) is 70.9. The summed E-state index contributed by atoms with van der Waals surface area (Å²) in [4.78, 5) is 25.8. The minimum Gasteiger partial charge on any atom is -0.356 e. The molecular formula is C39H54N2Na14O64S16+14. The van der Waals surface area contributed by atoms with Gasteiger partial charge in [-0.25, -0.2) is 58.6 Å². The van der Waals surface area contributed by atoms with Crippen LogP contribution in [0.1, 0.15) is 6.42 Å². The van der Waals surface area contributed by atoms with E-state index in [0.29, 0.717) is 0 Å². The number of carbonyl (C=O) groups excluding carboxylic acids is 2. The number of ether oxygens (including phenoxy) is 6. The smallest absolute Gasteiger partial charge is 0.356 e. The Balaban J connectivity index is -0.00000162. The van der Waals surface area contributed by atoms with Gasteiger partial charge in [0.15, 0.2) is 24.8 Å². The Morgan fingerprint density at radius 1 is 0.244 bits per heavy atom. The van der Waals surface area contributed by atoms with Gasteiger partial charge in [-0.15, -0.1) is 0 Å². The predicted molar refractivity (Wildman–Crippen MR) is 365 cm³/mol. The summed E-state index contributed by atoms with van der Waals surface area (Å²) in [5.41, 5.74) is -5.62. The van der Waals surface area contributed by atoms with Crippen molar-refractivity contribution in [1.82, 2.24) is 0 Å². The maximum Gasteiger partial charge on any atom is 1.00 e. The average Bonchev–Trinajstić information content (AvgIpc) is 0.755. The van der Waals surface area contributed by atoms with Gasteiger partial charge in [0.2, 0.25) is 11.8 Å². The first-order valence-electron chi connectivity index (χ1n) is 29.5. The van der Waals surface area contributed by atoms with Crippen LogP contribution in [0.15, 0.2) is 58.3 Å². The number of hydrogen-bond donors (Lipinski definition) is 16. The fourth-order valence-corrected chi connectivity index (χ4v) is 18.8. The van der Waals surface area contributed by atoms with E-state index < -0.39 is 311 Å². The minimum absolute atomic E-state index is 0. The topological polar surface area (TPSA) is 1000 Å². The van der Waals surface area contributed by atoms with Crippen molar-refractivity contribution >= 4 is 192 Å². The molecule has 96 heteroatoms. The molecule has 4 fully saturated rings. The molecule has 16 N–H and O–H groups in total. The van der Waals surface area contributed by atoms with Crippen LogP contribution in [0.4, 0.5) is 11.4 Å². The molecule has 2 aromatic rings. The summed E-state index contributed by atoms with van der Waals surface area (Å²) in [6.45, 7) is -7.73. The van der Waals surface area contributed by atoms with E-state index in [4.69, 9.17) is 28.4 Å². The molecule has 0 spiro atoms. The van der Waals surface area contributed by atoms with Crippen LogP contribution in [0, 0.1) is 0 Å². The molecule has 0 bridgehead atoms. The zero-order valence-corrected chi connectivity index (χ0v) is 112. The Labute approximate surface area is 1090 Å². The van der Waals surface area contributed by atoms with Gasteiger partial charge in [-0.2, -0.15) is 118 Å². The summed E-state index contributed by atoms with van der Waals surface area (Å²) in [7, 11) is -85.7. The van der Waals surface area contributed by atoms with Crippen LogP contribution in [0.2, 0.25) is 0 Å². The largest absolute Gasteiger partial charge is 1.00 e. The Hall–Kier alpha value is 10.0. The first-order chi connectivity index (χ1) is 54.4. The molecule has 0 aromatic heterocycles. The van der Waals surface area contributed by atoms with E-state index in [2.05, 4.69) is 69.2 Å². The van der Waals surface area contributed by atoms with E-state index in [9.17, 15) is 191 Å². The average molecular weight is 2410 g/mol. The van der Waals surface area contributed by atoms with Crippen LogP contribution in [0.3, 0.4) is 0 Å². The summed E-state index contributed by atoms with van der Waals surface area (Å²) in [5, 5.41) is 4.37. The van der Waals surface area contributed by atoms with Gasteiger partial charge in [-0.1, -0.05) is 23.5 Å². The molecule has 2 amide bonds. The van der Waals surface area contributed by atoms with Crippen LogP contribution in [-0.4, -0.2) is 341 Å². The van der Waals surface area contributed by atoms with Gasteiger partial charge >= 0.3 is 559 Å². The molecule has 135 heavy (non-hydrogen) atoms. The molecule has 4 heterocycles. The third-order valence-corrected chi connectivity index (χ3v) is 22.6. The van der Waals surface area contributed by atoms with Crippen LogP contribution in [-0.2, 0) is 242 Å². The molecule has 0 unspecified atom stereocenters. The summed E-state index contributed by atoms with van der Waals surface area (Å²) in [6.07, 6.45) is -58.4. The van der Waals surface area contributed by atoms with Crippen molar-refractivity contribution in [3.63, 3.8) is 0 Å². The first kappa shape index (κ1) is 163. The monoisotopic (exact) mass is 2410 g/mol. The number of benzene rings is 2. The standard InChI is InChI=1S/C39H54N2O64S16.14Na/c42-22(40-14-1-5-16(6-2-14)106-38-34(104-120(80,81)82)28(98-114(62,63)64)24(18(92-38)10-86-108(44,45)46)94-36-32(102-118(74,75)76)30(100-116(68,69)70)26(96-112(56,57)58)20(90-36)12-88-110(50,51)52)9-23(43)41-15-3-7-17(8-4-15)107-39-35(105-121(83,84)85)29(99-115(65,66)67)25(19(93-39)11-87-109(47,48)49)95-37-33(103-119(77,78)79)31(101-117(71,72)73)27(97-113(59,60)61)21(91-37)13-89-111(53,54)55;;;;;;;;;;;;;;/h1-8,18-21,24-39H,9-13H2,(H,40,42)(H,41,43)(H,44,45,46)(H,47,48,49)(H,50,51,52)(H,53,54,55)(H,56,57,58)(H,59,60,61)(H,62,63,64)(H,65,66,67)(H,68,69,70)(H,71,72,73)(H,74,75,76)(H,77,78,79)(H,80,81,82)(H,83,84,85);;;;;;;;;;;;;;/q;14*+1/t18-,19-,20-,21-,24-,25-,26-,27-,28-,29-,30+,31+,32-,33-,34-,35-,36+,37+,38-,39-;;;;;;;;;;;;;;/m1............../s1. The molecule has 20 atom stereocenters. The molecular weight excluding hydrogens is 2360 g/mol. The molecule has 2 aromatic carbocycles. The second-order valence-corrected chi connectivity index (χ2v) is 39.9. The van der Waals surface area contributed by atoms with Crippen LogP contribution >= 0.6 is 23.5 Å². The zero-order chi connectivity index (χ0) is 92.2. The van der Waals surface area contributed by atoms with Crippen LogP contribution in [0.5, 0.6) is 0 Å². The first-order valence-corrected chi connectivity index (χ1v) is 50.4. The van der Waals surface area contributed by atoms with E-state index in [1.807, 2.05) is 0 Å². The van der Waals surface area contributed by atoms with Crippen molar-refractivity contribution in [2.45, 2.75) is 137 Å². The van der Waals surface area contributed by atoms with Crippen LogP contribution < -0.4 is 424 Å². The van der Waals surface area contributed by atoms with Gasteiger partial charge in [-0.3, -0.25) is 73.3 Å². The number of nitrogens with one attached hydrogen (secondary N) is 2. The van der Waals surface area contributed by atoms with Crippen molar-refractivity contribution in [3.8, 4) is 0 Å². The fourth-order valence-electron chi connectivity index (χ4n) is 10.3. The summed E-state index contributed by atoms with van der Waals surface area (Å²) >= 11 is 0.0969. The van der Waals surface area contributed by atoms with E-state index >= 15 is 0 Å². The third kappa shape index (κ3) is 64.6. The Morgan fingerprint density at radius 3 is 0.622 bits per heavy atom. The molecule has 4 aliphatic rings. The second-order valence-electron chi connectivity index (χ2n) is 22.7. The summed E-state index contributed by atoms with van der Waals surface area (Å²) < 4.78 is 568. The summed E-state index contributed by atoms with van der Waals surface area (Å²) in [6, 6.07) is 7.30. The van der Waals surface area contributed by atoms with Crippen molar-refractivity contribution in [2.75, 3.05) is 37.1 Å². The quantitative estimate of drug-likeness (QED) is 0.0166. The van der Waals surface area contributed by atoms with Crippen molar-refractivity contribution in [1.29, 1.82) is 0 Å². The van der Waals surface area contributed by atoms with Crippen molar-refractivity contribution < 1.29 is 692 Å². The summed E-state index contributed by atoms with van der Waals surface area (Å²) in [5.74, 6) is -2.47. The van der Waals surface area contributed by atoms with Gasteiger partial charge in [0.25, 0.3) is 0 Å². The molecule has 700 valence electrons. The van der Waals surface area contributed by atoms with Gasteiger partial charge in [0, 0.05) is 21.2 Å². The molecule has 66 nitrogen and oxygen atoms in total. The molecule has 4 saturated heterocycles. The number of anilines is 2.